The van der Waals surface area contributed by atoms with Gasteiger partial charge < -0.3 is 4.43 Å². The maximum Gasteiger partial charge on any atom is 0.256 e. The Morgan fingerprint density at radius 1 is 1.11 bits per heavy atom. The molecule has 0 fully saturated rings. The summed E-state index contributed by atoms with van der Waals surface area (Å²) in [5.41, 5.74) is 0. The lowest BCUT2D eigenvalue weighted by atomic mass is 10.2. The lowest BCUT2D eigenvalue weighted by Crippen LogP contribution is -2.54. The van der Waals surface area contributed by atoms with Gasteiger partial charge in [0.15, 0.2) is 14.1 Å². The summed E-state index contributed by atoms with van der Waals surface area (Å²) in [6.07, 6.45) is 1.12. The van der Waals surface area contributed by atoms with Crippen LogP contribution in [0.1, 0.15) is 41.5 Å². The summed E-state index contributed by atoms with van der Waals surface area (Å²) < 4.78 is 49.7. The third kappa shape index (κ3) is 5.96. The largest absolute Gasteiger partial charge is 0.415 e. The first-order chi connectivity index (χ1) is 11.8. The van der Waals surface area contributed by atoms with Gasteiger partial charge in [0.25, 0.3) is 10.0 Å². The number of nitrogens with one attached hydrogen (secondary N) is 1. The van der Waals surface area contributed by atoms with Gasteiger partial charge in [-0.15, -0.1) is 0 Å². The number of hydrogen-bond donors (Lipinski definition) is 1. The Kier molecular flexibility index (Phi) is 6.98. The fourth-order valence-electron chi connectivity index (χ4n) is 1.82. The summed E-state index contributed by atoms with van der Waals surface area (Å²) in [5, 5.41) is 3.30. The second kappa shape index (κ2) is 7.70. The maximum absolute atomic E-state index is 14.3. The highest BCUT2D eigenvalue weighted by molar-refractivity contribution is 7.90. The second-order valence-corrected chi connectivity index (χ2v) is 21.9. The van der Waals surface area contributed by atoms with Crippen molar-refractivity contribution < 1.29 is 17.2 Å². The summed E-state index contributed by atoms with van der Waals surface area (Å²) in [7, 11) is -8.31. The van der Waals surface area contributed by atoms with Crippen LogP contribution in [-0.2, 0) is 21.0 Å². The standard InChI is InChI=1S/C17H36FN3O3SSi2/c1-16(2,3)26(7,8)20-25(22,23)15-14(18)13-21(19-15)11-12-24-27(9,10)17(4,5)6/h13,20H,11-12H2,1-10H3. The SMILES string of the molecule is CC(C)(C)[Si](C)(C)NS(=O)(=O)c1nn(CCO[Si](C)(C)C(C)(C)C)cc1F. The third-order valence-electron chi connectivity index (χ3n) is 5.79. The number of halogens is 1. The summed E-state index contributed by atoms with van der Waals surface area (Å²) in [5.74, 6) is -0.839. The van der Waals surface area contributed by atoms with Crippen molar-refractivity contribution in [3.63, 3.8) is 0 Å². The van der Waals surface area contributed by atoms with E-state index >= 15 is 0 Å². The Hall–Kier alpha value is -0.556. The number of nitrogens with zero attached hydrogens (tertiary/aromatic N) is 2. The molecule has 0 aromatic carbocycles. The number of aromatic nitrogens is 2. The summed E-state index contributed by atoms with van der Waals surface area (Å²) in [6.45, 7) is 21.1. The first kappa shape index (κ1) is 24.5. The molecular formula is C17H36FN3O3SSi2. The highest BCUT2D eigenvalue weighted by Crippen LogP contribution is 2.36. The minimum absolute atomic E-state index is 0.0734. The zero-order chi connectivity index (χ0) is 21.5. The van der Waals surface area contributed by atoms with E-state index in [2.05, 4.69) is 43.4 Å². The van der Waals surface area contributed by atoms with Gasteiger partial charge in [0, 0.05) is 0 Å². The molecule has 0 aliphatic rings. The molecule has 0 atom stereocenters. The van der Waals surface area contributed by atoms with Crippen LogP contribution in [0.25, 0.3) is 0 Å². The van der Waals surface area contributed by atoms with Gasteiger partial charge in [-0.1, -0.05) is 54.6 Å². The van der Waals surface area contributed by atoms with Crippen molar-refractivity contribution in [1.29, 1.82) is 0 Å². The third-order valence-corrected chi connectivity index (χ3v) is 18.0. The molecular weight excluding hydrogens is 401 g/mol. The van der Waals surface area contributed by atoms with Gasteiger partial charge in [-0.3, -0.25) is 4.68 Å². The van der Waals surface area contributed by atoms with Crippen molar-refractivity contribution in [1.82, 2.24) is 14.2 Å². The van der Waals surface area contributed by atoms with E-state index in [-0.39, 0.29) is 10.1 Å². The molecule has 6 nitrogen and oxygen atoms in total. The van der Waals surface area contributed by atoms with E-state index in [0.717, 1.165) is 6.20 Å². The number of sulfonamides is 1. The van der Waals surface area contributed by atoms with Gasteiger partial charge in [-0.25, -0.2) is 17.2 Å². The Bertz CT molecular complexity index is 763. The van der Waals surface area contributed by atoms with Crippen LogP contribution in [0.15, 0.2) is 11.2 Å². The Morgan fingerprint density at radius 2 is 1.63 bits per heavy atom. The van der Waals surface area contributed by atoms with Gasteiger partial charge in [0.2, 0.25) is 5.03 Å². The number of rotatable bonds is 7. The van der Waals surface area contributed by atoms with E-state index in [1.165, 1.54) is 4.68 Å². The molecule has 0 saturated heterocycles. The zero-order valence-electron chi connectivity index (χ0n) is 18.4. The molecule has 0 unspecified atom stereocenters. The van der Waals surface area contributed by atoms with Crippen molar-refractivity contribution in [3.8, 4) is 0 Å². The normalized spacial score (nSPS) is 14.6. The van der Waals surface area contributed by atoms with Crippen LogP contribution in [0, 0.1) is 5.82 Å². The molecule has 0 saturated carbocycles. The molecule has 1 rings (SSSR count). The Balaban J connectivity index is 2.92. The molecule has 0 radical (unpaired) electrons. The van der Waals surface area contributed by atoms with Crippen molar-refractivity contribution >= 4 is 26.6 Å². The van der Waals surface area contributed by atoms with E-state index in [0.29, 0.717) is 13.2 Å². The number of hydrogen-bond acceptors (Lipinski definition) is 4. The lowest BCUT2D eigenvalue weighted by Gasteiger charge is -2.36. The molecule has 158 valence electrons. The molecule has 1 N–H and O–H groups in total. The predicted molar refractivity (Wildman–Crippen MR) is 113 cm³/mol. The van der Waals surface area contributed by atoms with Crippen molar-refractivity contribution in [2.24, 2.45) is 0 Å². The van der Waals surface area contributed by atoms with Gasteiger partial charge in [0.1, 0.15) is 8.24 Å². The van der Waals surface area contributed by atoms with Gasteiger partial charge >= 0.3 is 0 Å². The monoisotopic (exact) mass is 437 g/mol. The van der Waals surface area contributed by atoms with E-state index < -0.39 is 37.4 Å². The fraction of sp³-hybridized carbons (Fsp3) is 0.824. The fourth-order valence-corrected chi connectivity index (χ4v) is 7.68. The molecule has 0 amide bonds. The molecule has 27 heavy (non-hydrogen) atoms. The maximum atomic E-state index is 14.3. The van der Waals surface area contributed by atoms with Gasteiger partial charge in [-0.2, -0.15) is 5.10 Å². The molecule has 0 bridgehead atoms. The summed E-state index contributed by atoms with van der Waals surface area (Å²) >= 11 is 0. The van der Waals surface area contributed by atoms with Gasteiger partial charge in [0.05, 0.1) is 19.3 Å². The molecule has 1 aromatic heterocycles. The molecule has 1 heterocycles. The van der Waals surface area contributed by atoms with Crippen molar-refractivity contribution in [2.75, 3.05) is 6.61 Å². The van der Waals surface area contributed by atoms with Crippen LogP contribution in [0.3, 0.4) is 0 Å². The highest BCUT2D eigenvalue weighted by Gasteiger charge is 2.41. The second-order valence-electron chi connectivity index (χ2n) is 10.1. The first-order valence-corrected chi connectivity index (χ1v) is 16.6. The molecule has 1 aromatic rings. The van der Waals surface area contributed by atoms with E-state index in [1.54, 1.807) is 0 Å². The van der Waals surface area contributed by atoms with Crippen molar-refractivity contribution in [3.05, 3.63) is 12.0 Å². The lowest BCUT2D eigenvalue weighted by molar-refractivity contribution is 0.265. The molecule has 0 spiro atoms. The van der Waals surface area contributed by atoms with Crippen LogP contribution in [0.2, 0.25) is 36.3 Å². The van der Waals surface area contributed by atoms with E-state index in [9.17, 15) is 12.8 Å². The van der Waals surface area contributed by atoms with Crippen LogP contribution in [0.5, 0.6) is 0 Å². The van der Waals surface area contributed by atoms with Crippen LogP contribution in [-0.4, -0.2) is 41.4 Å². The highest BCUT2D eigenvalue weighted by atomic mass is 32.2. The van der Waals surface area contributed by atoms with Gasteiger partial charge in [-0.05, 0) is 23.2 Å². The minimum atomic E-state index is -4.01. The van der Waals surface area contributed by atoms with Crippen LogP contribution in [0.4, 0.5) is 4.39 Å². The van der Waals surface area contributed by atoms with E-state index in [1.807, 2.05) is 33.9 Å². The average Bonchev–Trinajstić information content (AvgIpc) is 2.76. The first-order valence-electron chi connectivity index (χ1n) is 9.21. The molecule has 10 heteroatoms. The van der Waals surface area contributed by atoms with Crippen LogP contribution >= 0.6 is 0 Å². The van der Waals surface area contributed by atoms with E-state index in [4.69, 9.17) is 4.43 Å². The minimum Gasteiger partial charge on any atom is -0.415 e. The molecule has 0 aliphatic carbocycles. The smallest absolute Gasteiger partial charge is 0.256 e. The predicted octanol–water partition coefficient (Wildman–Crippen LogP) is 4.33. The average molecular weight is 438 g/mol. The topological polar surface area (TPSA) is 73.2 Å². The Labute approximate surface area is 166 Å². The summed E-state index contributed by atoms with van der Waals surface area (Å²) in [4.78, 5) is 0. The quantitative estimate of drug-likeness (QED) is 0.645. The zero-order valence-corrected chi connectivity index (χ0v) is 21.2. The summed E-state index contributed by atoms with van der Waals surface area (Å²) in [6, 6.07) is 0. The molecule has 0 aliphatic heterocycles. The van der Waals surface area contributed by atoms with Crippen molar-refractivity contribution in [2.45, 2.75) is 89.4 Å². The Morgan fingerprint density at radius 3 is 2.07 bits per heavy atom. The van der Waals surface area contributed by atoms with Crippen LogP contribution < -0.4 is 4.39 Å².